The molecule has 0 aliphatic carbocycles. The highest BCUT2D eigenvalue weighted by Crippen LogP contribution is 2.38. The summed E-state index contributed by atoms with van der Waals surface area (Å²) in [6.07, 6.45) is 5.00. The second-order valence-electron chi connectivity index (χ2n) is 7.75. The number of nitrogens with one attached hydrogen (secondary N) is 1. The zero-order chi connectivity index (χ0) is 19.7. The van der Waals surface area contributed by atoms with Crippen molar-refractivity contribution < 1.29 is 14.3 Å². The summed E-state index contributed by atoms with van der Waals surface area (Å²) in [6, 6.07) is 5.98. The lowest BCUT2D eigenvalue weighted by molar-refractivity contribution is -0.116. The molecule has 1 amide bonds. The van der Waals surface area contributed by atoms with E-state index in [1.165, 1.54) is 0 Å². The Hall–Kier alpha value is -2.60. The van der Waals surface area contributed by atoms with Crippen LogP contribution < -0.4 is 15.6 Å². The monoisotopic (exact) mass is 382 g/mol. The summed E-state index contributed by atoms with van der Waals surface area (Å²) in [5.41, 5.74) is 4.53. The minimum Gasteiger partial charge on any atom is -0.491 e. The predicted octanol–water partition coefficient (Wildman–Crippen LogP) is 3.05. The number of hydrogen-bond acceptors (Lipinski definition) is 4. The maximum absolute atomic E-state index is 12.0. The highest BCUT2D eigenvalue weighted by Gasteiger charge is 2.22. The number of amides is 1. The molecule has 1 N–H and O–H groups in total. The average molecular weight is 382 g/mol. The van der Waals surface area contributed by atoms with E-state index in [0.717, 1.165) is 48.4 Å². The third-order valence-corrected chi connectivity index (χ3v) is 5.58. The summed E-state index contributed by atoms with van der Waals surface area (Å²) in [5, 5.41) is 2.98. The topological polar surface area (TPSA) is 69.6 Å². The number of rotatable bonds is 4. The first kappa shape index (κ1) is 18.7. The van der Waals surface area contributed by atoms with Crippen LogP contribution in [0.1, 0.15) is 30.4 Å². The van der Waals surface area contributed by atoms with Crippen molar-refractivity contribution >= 4 is 11.6 Å². The Morgan fingerprint density at radius 3 is 2.68 bits per heavy atom. The van der Waals surface area contributed by atoms with Gasteiger partial charge in [-0.05, 0) is 67.0 Å². The third kappa shape index (κ3) is 3.83. The van der Waals surface area contributed by atoms with Gasteiger partial charge in [-0.1, -0.05) is 0 Å². The summed E-state index contributed by atoms with van der Waals surface area (Å²) in [4.78, 5) is 24.0. The minimum absolute atomic E-state index is 0.00460. The number of nitrogens with zero attached hydrogens (tertiary/aromatic N) is 1. The van der Waals surface area contributed by atoms with Crippen LogP contribution in [0.2, 0.25) is 0 Å². The van der Waals surface area contributed by atoms with Crippen molar-refractivity contribution in [2.45, 2.75) is 32.6 Å². The molecule has 0 saturated carbocycles. The molecular formula is C22H26N2O4. The number of benzene rings is 1. The van der Waals surface area contributed by atoms with Crippen LogP contribution in [0.15, 0.2) is 29.2 Å². The molecule has 4 rings (SSSR count). The van der Waals surface area contributed by atoms with Crippen molar-refractivity contribution in [3.8, 4) is 16.9 Å². The van der Waals surface area contributed by atoms with Crippen LogP contribution in [0, 0.1) is 12.8 Å². The van der Waals surface area contributed by atoms with Crippen LogP contribution >= 0.6 is 0 Å². The number of fused-ring (bicyclic) bond motifs is 1. The minimum atomic E-state index is 0.00460. The van der Waals surface area contributed by atoms with Crippen LogP contribution in [0.4, 0.5) is 5.69 Å². The Bertz CT molecular complexity index is 931. The smallest absolute Gasteiger partial charge is 0.253 e. The Balaban J connectivity index is 1.70. The lowest BCUT2D eigenvalue weighted by Crippen LogP contribution is -2.23. The number of aromatic nitrogens is 1. The van der Waals surface area contributed by atoms with Crippen LogP contribution in [0.5, 0.6) is 5.75 Å². The molecule has 6 nitrogen and oxygen atoms in total. The van der Waals surface area contributed by atoms with E-state index in [1.54, 1.807) is 11.6 Å². The first-order valence-electron chi connectivity index (χ1n) is 9.86. The van der Waals surface area contributed by atoms with E-state index in [-0.39, 0.29) is 11.5 Å². The van der Waals surface area contributed by atoms with Crippen molar-refractivity contribution in [2.24, 2.45) is 13.0 Å². The molecule has 1 saturated heterocycles. The molecular weight excluding hydrogens is 356 g/mol. The molecule has 0 radical (unpaired) electrons. The zero-order valence-electron chi connectivity index (χ0n) is 16.4. The summed E-state index contributed by atoms with van der Waals surface area (Å²) >= 11 is 0. The van der Waals surface area contributed by atoms with Crippen molar-refractivity contribution in [2.75, 3.05) is 25.1 Å². The maximum atomic E-state index is 12.0. The third-order valence-electron chi connectivity index (χ3n) is 5.58. The number of ether oxygens (including phenoxy) is 2. The van der Waals surface area contributed by atoms with Gasteiger partial charge in [0.05, 0.1) is 12.3 Å². The number of aryl methyl sites for hydroxylation is 3. The van der Waals surface area contributed by atoms with Gasteiger partial charge in [-0.2, -0.15) is 0 Å². The molecule has 2 aliphatic heterocycles. The molecule has 6 heteroatoms. The largest absolute Gasteiger partial charge is 0.491 e. The second kappa shape index (κ2) is 7.80. The molecule has 1 aromatic heterocycles. The number of carbonyl (C=O) groups is 1. The van der Waals surface area contributed by atoms with Crippen LogP contribution in [0.25, 0.3) is 11.1 Å². The highest BCUT2D eigenvalue weighted by atomic mass is 16.5. The Morgan fingerprint density at radius 2 is 1.93 bits per heavy atom. The number of anilines is 1. The van der Waals surface area contributed by atoms with Gasteiger partial charge in [0.15, 0.2) is 0 Å². The van der Waals surface area contributed by atoms with Crippen LogP contribution in [0.3, 0.4) is 0 Å². The van der Waals surface area contributed by atoms with Crippen molar-refractivity contribution in [3.63, 3.8) is 0 Å². The van der Waals surface area contributed by atoms with Gasteiger partial charge < -0.3 is 19.4 Å². The van der Waals surface area contributed by atoms with E-state index in [1.807, 2.05) is 25.3 Å². The van der Waals surface area contributed by atoms with E-state index < -0.39 is 0 Å². The van der Waals surface area contributed by atoms with Crippen molar-refractivity contribution in [1.29, 1.82) is 0 Å². The summed E-state index contributed by atoms with van der Waals surface area (Å²) in [7, 11) is 1.76. The maximum Gasteiger partial charge on any atom is 0.253 e. The molecule has 1 aromatic carbocycles. The van der Waals surface area contributed by atoms with Crippen LogP contribution in [-0.4, -0.2) is 30.3 Å². The molecule has 1 fully saturated rings. The lowest BCUT2D eigenvalue weighted by atomic mass is 9.96. The van der Waals surface area contributed by atoms with Crippen molar-refractivity contribution in [1.82, 2.24) is 4.57 Å². The van der Waals surface area contributed by atoms with E-state index in [9.17, 15) is 9.59 Å². The quantitative estimate of drug-likeness (QED) is 0.882. The Morgan fingerprint density at radius 1 is 1.14 bits per heavy atom. The van der Waals surface area contributed by atoms with E-state index >= 15 is 0 Å². The van der Waals surface area contributed by atoms with E-state index in [4.69, 9.17) is 9.47 Å². The SMILES string of the molecule is Cc1cc(-c2cc3c(c(OCC4CCOCC4)c2)NC(=O)CC3)cn(C)c1=O. The molecule has 28 heavy (non-hydrogen) atoms. The lowest BCUT2D eigenvalue weighted by Gasteiger charge is -2.25. The fraction of sp³-hybridized carbons (Fsp3) is 0.455. The van der Waals surface area contributed by atoms with E-state index in [0.29, 0.717) is 36.7 Å². The summed E-state index contributed by atoms with van der Waals surface area (Å²) in [6.45, 7) is 3.99. The summed E-state index contributed by atoms with van der Waals surface area (Å²) < 4.78 is 13.2. The summed E-state index contributed by atoms with van der Waals surface area (Å²) in [5.74, 6) is 1.19. The molecule has 2 aliphatic rings. The van der Waals surface area contributed by atoms with Gasteiger partial charge >= 0.3 is 0 Å². The molecule has 148 valence electrons. The average Bonchev–Trinajstić information content (AvgIpc) is 2.70. The van der Waals surface area contributed by atoms with Gasteiger partial charge in [-0.25, -0.2) is 0 Å². The van der Waals surface area contributed by atoms with Gasteiger partial charge in [-0.3, -0.25) is 9.59 Å². The van der Waals surface area contributed by atoms with E-state index in [2.05, 4.69) is 11.4 Å². The zero-order valence-corrected chi connectivity index (χ0v) is 16.4. The first-order valence-corrected chi connectivity index (χ1v) is 9.86. The Kier molecular flexibility index (Phi) is 5.22. The fourth-order valence-corrected chi connectivity index (χ4v) is 3.90. The second-order valence-corrected chi connectivity index (χ2v) is 7.75. The predicted molar refractivity (Wildman–Crippen MR) is 108 cm³/mol. The normalized spacial score (nSPS) is 17.1. The highest BCUT2D eigenvalue weighted by molar-refractivity contribution is 5.96. The Labute approximate surface area is 164 Å². The molecule has 0 spiro atoms. The molecule has 2 aromatic rings. The molecule has 0 unspecified atom stereocenters. The number of pyridine rings is 1. The van der Waals surface area contributed by atoms with Crippen molar-refractivity contribution in [3.05, 3.63) is 45.9 Å². The fourth-order valence-electron chi connectivity index (χ4n) is 3.90. The van der Waals surface area contributed by atoms with Crippen LogP contribution in [-0.2, 0) is 23.0 Å². The van der Waals surface area contributed by atoms with Gasteiger partial charge in [0.25, 0.3) is 5.56 Å². The first-order chi connectivity index (χ1) is 13.5. The number of carbonyl (C=O) groups excluding carboxylic acids is 1. The molecule has 0 atom stereocenters. The number of hydrogen-bond donors (Lipinski definition) is 1. The molecule has 0 bridgehead atoms. The van der Waals surface area contributed by atoms with Gasteiger partial charge in [0.1, 0.15) is 5.75 Å². The van der Waals surface area contributed by atoms with Gasteiger partial charge in [0, 0.05) is 38.4 Å². The van der Waals surface area contributed by atoms with Gasteiger partial charge in [0.2, 0.25) is 5.91 Å². The molecule has 3 heterocycles. The van der Waals surface area contributed by atoms with Gasteiger partial charge in [-0.15, -0.1) is 0 Å². The standard InChI is InChI=1S/C22H26N2O4/c1-14-9-18(12-24(2)22(14)26)17-10-16-3-4-20(25)23-21(16)19(11-17)28-13-15-5-7-27-8-6-15/h9-12,15H,3-8,13H2,1-2H3,(H,23,25).